The summed E-state index contributed by atoms with van der Waals surface area (Å²) >= 11 is 0. The molecule has 0 aliphatic heterocycles. The van der Waals surface area contributed by atoms with Gasteiger partial charge in [0.05, 0.1) is 18.3 Å². The first-order chi connectivity index (χ1) is 15.6. The molecule has 0 fully saturated rings. The van der Waals surface area contributed by atoms with Crippen LogP contribution in [0.3, 0.4) is 0 Å². The highest BCUT2D eigenvalue weighted by molar-refractivity contribution is 5.92. The monoisotopic (exact) mass is 472 g/mol. The Balaban J connectivity index is 2.65. The van der Waals surface area contributed by atoms with Crippen LogP contribution in [0.25, 0.3) is 6.08 Å². The molecule has 6 heteroatoms. The molecule has 0 saturated carbocycles. The maximum atomic E-state index is 12.5. The number of ketones is 2. The number of benzene rings is 1. The minimum absolute atomic E-state index is 0.0266. The summed E-state index contributed by atoms with van der Waals surface area (Å²) in [6.45, 7) is 10.3. The standard InChI is InChI=1S/C28H40O6/c1-19(9-8-10-20(2)25(31)12-13-27(4,5)32)15-24(30)18-28(6,33)14-11-22-17-23(29)16-21(3)26(22)34-7/h11-17,20,29,32-33H,8-10,18H2,1-7H3/b13-12+,14-11+,19-15-. The van der Waals surface area contributed by atoms with Crippen molar-refractivity contribution in [2.75, 3.05) is 7.11 Å². The molecule has 0 aliphatic rings. The first kappa shape index (κ1) is 29.3. The van der Waals surface area contributed by atoms with Crippen LogP contribution in [0, 0.1) is 12.8 Å². The number of rotatable bonds is 13. The molecule has 0 bridgehead atoms. The maximum absolute atomic E-state index is 12.5. The Morgan fingerprint density at radius 3 is 2.38 bits per heavy atom. The number of ether oxygens (including phenoxy) is 1. The van der Waals surface area contributed by atoms with Crippen molar-refractivity contribution < 1.29 is 29.6 Å². The van der Waals surface area contributed by atoms with Crippen molar-refractivity contribution in [3.63, 3.8) is 0 Å². The molecule has 3 N–H and O–H groups in total. The molecule has 0 radical (unpaired) electrons. The lowest BCUT2D eigenvalue weighted by Gasteiger charge is -2.18. The predicted octanol–water partition coefficient (Wildman–Crippen LogP) is 5.08. The van der Waals surface area contributed by atoms with Gasteiger partial charge in [-0.15, -0.1) is 0 Å². The second-order valence-electron chi connectivity index (χ2n) is 9.89. The zero-order valence-electron chi connectivity index (χ0n) is 21.5. The molecule has 0 saturated heterocycles. The van der Waals surface area contributed by atoms with E-state index < -0.39 is 11.2 Å². The predicted molar refractivity (Wildman–Crippen MR) is 136 cm³/mol. The number of phenolic OH excluding ortho intramolecular Hbond substituents is 1. The summed E-state index contributed by atoms with van der Waals surface area (Å²) in [5.41, 5.74) is -0.117. The summed E-state index contributed by atoms with van der Waals surface area (Å²) in [5, 5.41) is 30.2. The SMILES string of the molecule is COc1c(C)cc(O)cc1/C=C/C(C)(O)CC(=O)/C=C(/C)CCCC(C)C(=O)/C=C/C(C)(C)O. The van der Waals surface area contributed by atoms with Crippen molar-refractivity contribution in [2.24, 2.45) is 5.92 Å². The van der Waals surface area contributed by atoms with E-state index in [0.29, 0.717) is 24.2 Å². The fourth-order valence-electron chi connectivity index (χ4n) is 3.54. The van der Waals surface area contributed by atoms with Crippen LogP contribution in [0.1, 0.15) is 71.4 Å². The molecule has 1 aromatic carbocycles. The van der Waals surface area contributed by atoms with Gasteiger partial charge in [0.15, 0.2) is 11.6 Å². The third kappa shape index (κ3) is 10.9. The Morgan fingerprint density at radius 1 is 1.15 bits per heavy atom. The van der Waals surface area contributed by atoms with Gasteiger partial charge in [0.1, 0.15) is 11.5 Å². The highest BCUT2D eigenvalue weighted by Crippen LogP contribution is 2.30. The van der Waals surface area contributed by atoms with Crippen molar-refractivity contribution >= 4 is 17.6 Å². The minimum Gasteiger partial charge on any atom is -0.508 e. The van der Waals surface area contributed by atoms with Crippen molar-refractivity contribution in [1.29, 1.82) is 0 Å². The fraction of sp³-hybridized carbons (Fsp3) is 0.500. The lowest BCUT2D eigenvalue weighted by Crippen LogP contribution is -2.24. The number of carbonyl (C=O) groups excluding carboxylic acids is 2. The molecular weight excluding hydrogens is 432 g/mol. The quantitative estimate of drug-likeness (QED) is 0.346. The van der Waals surface area contributed by atoms with E-state index in [9.17, 15) is 24.9 Å². The highest BCUT2D eigenvalue weighted by atomic mass is 16.5. The number of aryl methyl sites for hydroxylation is 1. The fourth-order valence-corrected chi connectivity index (χ4v) is 3.54. The summed E-state index contributed by atoms with van der Waals surface area (Å²) in [5.74, 6) is 0.308. The largest absolute Gasteiger partial charge is 0.508 e. The molecule has 1 aromatic rings. The first-order valence-corrected chi connectivity index (χ1v) is 11.6. The minimum atomic E-state index is -1.37. The molecule has 0 amide bonds. The van der Waals surface area contributed by atoms with Crippen LogP contribution in [-0.2, 0) is 9.59 Å². The Bertz CT molecular complexity index is 944. The number of carbonyl (C=O) groups is 2. The molecule has 0 aliphatic carbocycles. The Hall–Kier alpha value is -2.70. The van der Waals surface area contributed by atoms with Gasteiger partial charge < -0.3 is 20.1 Å². The van der Waals surface area contributed by atoms with E-state index in [1.165, 1.54) is 31.4 Å². The van der Waals surface area contributed by atoms with Crippen LogP contribution in [0.15, 0.2) is 42.0 Å². The second kappa shape index (κ2) is 12.7. The number of hydrogen-bond donors (Lipinski definition) is 3. The van der Waals surface area contributed by atoms with Crippen molar-refractivity contribution in [3.05, 3.63) is 53.1 Å². The van der Waals surface area contributed by atoms with E-state index in [1.54, 1.807) is 39.0 Å². The van der Waals surface area contributed by atoms with Gasteiger partial charge in [-0.25, -0.2) is 0 Å². The van der Waals surface area contributed by atoms with Gasteiger partial charge in [0, 0.05) is 17.9 Å². The van der Waals surface area contributed by atoms with Gasteiger partial charge in [-0.1, -0.05) is 30.7 Å². The molecular formula is C28H40O6. The lowest BCUT2D eigenvalue weighted by molar-refractivity contribution is -0.118. The van der Waals surface area contributed by atoms with Crippen molar-refractivity contribution in [3.8, 4) is 11.5 Å². The van der Waals surface area contributed by atoms with Crippen LogP contribution < -0.4 is 4.74 Å². The molecule has 0 aromatic heterocycles. The highest BCUT2D eigenvalue weighted by Gasteiger charge is 2.21. The van der Waals surface area contributed by atoms with Crippen molar-refractivity contribution in [2.45, 2.75) is 78.4 Å². The second-order valence-corrected chi connectivity index (χ2v) is 9.89. The van der Waals surface area contributed by atoms with E-state index in [2.05, 4.69) is 0 Å². The third-order valence-electron chi connectivity index (χ3n) is 5.40. The van der Waals surface area contributed by atoms with E-state index in [0.717, 1.165) is 17.6 Å². The summed E-state index contributed by atoms with van der Waals surface area (Å²) in [7, 11) is 1.54. The van der Waals surface area contributed by atoms with Crippen LogP contribution in [0.2, 0.25) is 0 Å². The average Bonchev–Trinajstić information content (AvgIpc) is 2.68. The van der Waals surface area contributed by atoms with Crippen LogP contribution >= 0.6 is 0 Å². The first-order valence-electron chi connectivity index (χ1n) is 11.6. The number of aromatic hydroxyl groups is 1. The van der Waals surface area contributed by atoms with E-state index >= 15 is 0 Å². The van der Waals surface area contributed by atoms with Crippen LogP contribution in [-0.4, -0.2) is 45.2 Å². The summed E-state index contributed by atoms with van der Waals surface area (Å²) in [6.07, 6.45) is 9.66. The molecule has 2 atom stereocenters. The van der Waals surface area contributed by atoms with Crippen LogP contribution in [0.4, 0.5) is 0 Å². The van der Waals surface area contributed by atoms with Gasteiger partial charge in [0.25, 0.3) is 0 Å². The average molecular weight is 473 g/mol. The molecule has 0 heterocycles. The summed E-state index contributed by atoms with van der Waals surface area (Å²) in [6, 6.07) is 3.13. The topological polar surface area (TPSA) is 104 Å². The number of hydrogen-bond acceptors (Lipinski definition) is 6. The normalized spacial score (nSPS) is 15.5. The van der Waals surface area contributed by atoms with Gasteiger partial charge in [-0.05, 0) is 83.7 Å². The molecule has 188 valence electrons. The Morgan fingerprint density at radius 2 is 1.79 bits per heavy atom. The van der Waals surface area contributed by atoms with Crippen LogP contribution in [0.5, 0.6) is 11.5 Å². The van der Waals surface area contributed by atoms with Gasteiger partial charge in [0.2, 0.25) is 0 Å². The van der Waals surface area contributed by atoms with Crippen molar-refractivity contribution in [1.82, 2.24) is 0 Å². The van der Waals surface area contributed by atoms with Gasteiger partial charge in [-0.3, -0.25) is 9.59 Å². The smallest absolute Gasteiger partial charge is 0.158 e. The molecule has 2 unspecified atom stereocenters. The lowest BCUT2D eigenvalue weighted by atomic mass is 9.94. The zero-order valence-corrected chi connectivity index (χ0v) is 21.5. The molecule has 34 heavy (non-hydrogen) atoms. The summed E-state index contributed by atoms with van der Waals surface area (Å²) < 4.78 is 5.37. The summed E-state index contributed by atoms with van der Waals surface area (Å²) in [4.78, 5) is 24.6. The third-order valence-corrected chi connectivity index (χ3v) is 5.40. The molecule has 1 rings (SSSR count). The number of allylic oxidation sites excluding steroid dienone is 3. The molecule has 6 nitrogen and oxygen atoms in total. The zero-order chi connectivity index (χ0) is 26.1. The maximum Gasteiger partial charge on any atom is 0.158 e. The van der Waals surface area contributed by atoms with E-state index in [-0.39, 0.29) is 29.7 Å². The number of aliphatic hydroxyl groups is 2. The number of phenols is 1. The molecule has 0 spiro atoms. The number of methoxy groups -OCH3 is 1. The Kier molecular flexibility index (Phi) is 10.9. The van der Waals surface area contributed by atoms with E-state index in [1.807, 2.05) is 20.8 Å². The Labute approximate surface area is 203 Å². The van der Waals surface area contributed by atoms with E-state index in [4.69, 9.17) is 4.74 Å². The van der Waals surface area contributed by atoms with Gasteiger partial charge >= 0.3 is 0 Å². The van der Waals surface area contributed by atoms with Gasteiger partial charge in [-0.2, -0.15) is 0 Å².